The van der Waals surface area contributed by atoms with Gasteiger partial charge in [0.15, 0.2) is 0 Å². The Hall–Kier alpha value is -2.18. The van der Waals surface area contributed by atoms with E-state index in [-0.39, 0.29) is 23.3 Å². The smallest absolute Gasteiger partial charge is 0.387 e. The molecule has 2 amide bonds. The lowest BCUT2D eigenvalue weighted by atomic mass is 10.0. The van der Waals surface area contributed by atoms with Gasteiger partial charge in [-0.25, -0.2) is 0 Å². The fraction of sp³-hybridized carbons (Fsp3) is 0.429. The Morgan fingerprint density at radius 2 is 2.00 bits per heavy atom. The molecule has 1 heterocycles. The highest BCUT2D eigenvalue weighted by atomic mass is 19.3. The zero-order valence-electron chi connectivity index (χ0n) is 11.7. The zero-order valence-corrected chi connectivity index (χ0v) is 11.7. The van der Waals surface area contributed by atoms with E-state index in [1.54, 1.807) is 19.9 Å². The first-order valence-corrected chi connectivity index (χ1v) is 6.63. The molecular formula is C14H16F2N2O3. The molecule has 0 bridgehead atoms. The SMILES string of the molecule is CCC1C(=O)NC(C)C(=O)N1c1ccccc1OC(F)F. The van der Waals surface area contributed by atoms with Gasteiger partial charge in [-0.3, -0.25) is 14.5 Å². The van der Waals surface area contributed by atoms with Crippen molar-refractivity contribution in [3.63, 3.8) is 0 Å². The number of carbonyl (C=O) groups excluding carboxylic acids is 2. The minimum Gasteiger partial charge on any atom is -0.433 e. The van der Waals surface area contributed by atoms with Crippen molar-refractivity contribution in [2.75, 3.05) is 4.90 Å². The number of alkyl halides is 2. The zero-order chi connectivity index (χ0) is 15.6. The molecule has 1 fully saturated rings. The van der Waals surface area contributed by atoms with E-state index in [0.717, 1.165) is 0 Å². The first-order chi connectivity index (χ1) is 9.95. The molecule has 2 rings (SSSR count). The van der Waals surface area contributed by atoms with E-state index in [4.69, 9.17) is 0 Å². The lowest BCUT2D eigenvalue weighted by molar-refractivity contribution is -0.133. The standard InChI is InChI=1S/C14H16F2N2O3/c1-3-9-12(19)17-8(2)13(20)18(9)10-6-4-5-7-11(10)21-14(15)16/h4-9,14H,3H2,1-2H3,(H,17,19). The summed E-state index contributed by atoms with van der Waals surface area (Å²) in [5.74, 6) is -0.788. The second-order valence-electron chi connectivity index (χ2n) is 4.71. The highest BCUT2D eigenvalue weighted by molar-refractivity contribution is 6.08. The molecule has 1 aliphatic heterocycles. The molecule has 7 heteroatoms. The average Bonchev–Trinajstić information content (AvgIpc) is 2.43. The van der Waals surface area contributed by atoms with Gasteiger partial charge in [-0.05, 0) is 25.5 Å². The second-order valence-corrected chi connectivity index (χ2v) is 4.71. The van der Waals surface area contributed by atoms with Crippen molar-refractivity contribution in [1.29, 1.82) is 0 Å². The minimum absolute atomic E-state index is 0.124. The molecule has 2 unspecified atom stereocenters. The maximum absolute atomic E-state index is 12.5. The molecule has 5 nitrogen and oxygen atoms in total. The van der Waals surface area contributed by atoms with E-state index in [1.807, 2.05) is 0 Å². The van der Waals surface area contributed by atoms with Crippen LogP contribution in [0, 0.1) is 0 Å². The van der Waals surface area contributed by atoms with Crippen molar-refractivity contribution in [3.8, 4) is 5.75 Å². The predicted molar refractivity (Wildman–Crippen MR) is 72.2 cm³/mol. The van der Waals surface area contributed by atoms with Gasteiger partial charge in [-0.15, -0.1) is 0 Å². The Bertz CT molecular complexity index is 551. The lowest BCUT2D eigenvalue weighted by Gasteiger charge is -2.38. The second kappa shape index (κ2) is 6.07. The van der Waals surface area contributed by atoms with Crippen molar-refractivity contribution in [1.82, 2.24) is 5.32 Å². The summed E-state index contributed by atoms with van der Waals surface area (Å²) in [7, 11) is 0. The highest BCUT2D eigenvalue weighted by Gasteiger charge is 2.39. The summed E-state index contributed by atoms with van der Waals surface area (Å²) in [5.41, 5.74) is 0.177. The van der Waals surface area contributed by atoms with E-state index in [2.05, 4.69) is 10.1 Å². The lowest BCUT2D eigenvalue weighted by Crippen LogP contribution is -2.62. The van der Waals surface area contributed by atoms with Gasteiger partial charge in [0.2, 0.25) is 11.8 Å². The first kappa shape index (κ1) is 15.2. The number of benzene rings is 1. The number of nitrogens with zero attached hydrogens (tertiary/aromatic N) is 1. The number of hydrogen-bond donors (Lipinski definition) is 1. The molecule has 1 aliphatic rings. The van der Waals surface area contributed by atoms with Crippen molar-refractivity contribution in [2.24, 2.45) is 0 Å². The highest BCUT2D eigenvalue weighted by Crippen LogP contribution is 2.33. The van der Waals surface area contributed by atoms with Crippen LogP contribution in [0.4, 0.5) is 14.5 Å². The molecule has 1 aromatic rings. The molecule has 0 aliphatic carbocycles. The van der Waals surface area contributed by atoms with Gasteiger partial charge in [0.1, 0.15) is 17.8 Å². The number of amides is 2. The maximum Gasteiger partial charge on any atom is 0.387 e. The predicted octanol–water partition coefficient (Wildman–Crippen LogP) is 1.92. The molecule has 0 saturated carbocycles. The van der Waals surface area contributed by atoms with Crippen LogP contribution in [0.1, 0.15) is 20.3 Å². The number of nitrogens with one attached hydrogen (secondary N) is 1. The van der Waals surface area contributed by atoms with Crippen LogP contribution < -0.4 is 15.0 Å². The minimum atomic E-state index is -3.00. The number of anilines is 1. The van der Waals surface area contributed by atoms with Gasteiger partial charge in [-0.2, -0.15) is 8.78 Å². The molecule has 0 spiro atoms. The van der Waals surface area contributed by atoms with Crippen molar-refractivity contribution >= 4 is 17.5 Å². The van der Waals surface area contributed by atoms with E-state index in [1.165, 1.54) is 23.1 Å². The van der Waals surface area contributed by atoms with E-state index in [9.17, 15) is 18.4 Å². The summed E-state index contributed by atoms with van der Waals surface area (Å²) in [4.78, 5) is 25.6. The fourth-order valence-electron chi connectivity index (χ4n) is 2.36. The molecule has 1 aromatic carbocycles. The summed E-state index contributed by atoms with van der Waals surface area (Å²) < 4.78 is 29.4. The van der Waals surface area contributed by atoms with Crippen LogP contribution in [-0.4, -0.2) is 30.5 Å². The monoisotopic (exact) mass is 298 g/mol. The number of para-hydroxylation sites is 2. The Morgan fingerprint density at radius 3 is 2.62 bits per heavy atom. The van der Waals surface area contributed by atoms with Gasteiger partial charge >= 0.3 is 6.61 Å². The molecule has 2 atom stereocenters. The normalized spacial score (nSPS) is 22.4. The van der Waals surface area contributed by atoms with Gasteiger partial charge in [-0.1, -0.05) is 19.1 Å². The van der Waals surface area contributed by atoms with Gasteiger partial charge < -0.3 is 10.1 Å². The molecule has 21 heavy (non-hydrogen) atoms. The molecule has 0 aromatic heterocycles. The Kier molecular flexibility index (Phi) is 4.40. The Morgan fingerprint density at radius 1 is 1.33 bits per heavy atom. The fourth-order valence-corrected chi connectivity index (χ4v) is 2.36. The van der Waals surface area contributed by atoms with Crippen LogP contribution >= 0.6 is 0 Å². The third-order valence-electron chi connectivity index (χ3n) is 3.31. The van der Waals surface area contributed by atoms with E-state index < -0.39 is 18.7 Å². The molecule has 114 valence electrons. The quantitative estimate of drug-likeness (QED) is 0.924. The number of rotatable bonds is 4. The van der Waals surface area contributed by atoms with Crippen LogP contribution in [-0.2, 0) is 9.59 Å². The van der Waals surface area contributed by atoms with E-state index in [0.29, 0.717) is 6.42 Å². The largest absolute Gasteiger partial charge is 0.433 e. The third-order valence-corrected chi connectivity index (χ3v) is 3.31. The number of halogens is 2. The van der Waals surface area contributed by atoms with Gasteiger partial charge in [0.25, 0.3) is 0 Å². The summed E-state index contributed by atoms with van der Waals surface area (Å²) in [6.45, 7) is 0.296. The molecule has 0 radical (unpaired) electrons. The number of hydrogen-bond acceptors (Lipinski definition) is 3. The van der Waals surface area contributed by atoms with Crippen molar-refractivity contribution < 1.29 is 23.1 Å². The van der Waals surface area contributed by atoms with Crippen LogP contribution in [0.15, 0.2) is 24.3 Å². The number of carbonyl (C=O) groups is 2. The average molecular weight is 298 g/mol. The summed E-state index contributed by atoms with van der Waals surface area (Å²) in [6, 6.07) is 4.52. The Labute approximate surface area is 120 Å². The molecule has 1 N–H and O–H groups in total. The molecule has 1 saturated heterocycles. The van der Waals surface area contributed by atoms with Crippen molar-refractivity contribution in [2.45, 2.75) is 39.0 Å². The number of ether oxygens (including phenoxy) is 1. The van der Waals surface area contributed by atoms with Crippen LogP contribution in [0.5, 0.6) is 5.75 Å². The topological polar surface area (TPSA) is 58.6 Å². The van der Waals surface area contributed by atoms with Crippen LogP contribution in [0.3, 0.4) is 0 Å². The summed E-state index contributed by atoms with van der Waals surface area (Å²) >= 11 is 0. The summed E-state index contributed by atoms with van der Waals surface area (Å²) in [6.07, 6.45) is 0.368. The number of piperazine rings is 1. The van der Waals surface area contributed by atoms with Crippen LogP contribution in [0.2, 0.25) is 0 Å². The summed E-state index contributed by atoms with van der Waals surface area (Å²) in [5, 5.41) is 2.57. The van der Waals surface area contributed by atoms with Crippen LogP contribution in [0.25, 0.3) is 0 Å². The first-order valence-electron chi connectivity index (χ1n) is 6.63. The third kappa shape index (κ3) is 2.96. The Balaban J connectivity index is 2.46. The molecular weight excluding hydrogens is 282 g/mol. The van der Waals surface area contributed by atoms with E-state index >= 15 is 0 Å². The van der Waals surface area contributed by atoms with Gasteiger partial charge in [0.05, 0.1) is 5.69 Å². The van der Waals surface area contributed by atoms with Gasteiger partial charge in [0, 0.05) is 0 Å². The maximum atomic E-state index is 12.5. The van der Waals surface area contributed by atoms with Crippen molar-refractivity contribution in [3.05, 3.63) is 24.3 Å².